The molecule has 0 spiro atoms. The lowest BCUT2D eigenvalue weighted by atomic mass is 9.93. The molecule has 2 aliphatic heterocycles. The number of amides is 2. The van der Waals surface area contributed by atoms with Crippen LogP contribution in [0.1, 0.15) is 60.3 Å². The molecule has 7 heteroatoms. The Kier molecular flexibility index (Phi) is 9.28. The SMILES string of the molecule is CC(C)(C)NC(=O)C(=CCN1CCCC1)CC(C)(C)NC(=O)C=CCN1CCC(O)C1. The summed E-state index contributed by atoms with van der Waals surface area (Å²) in [6.07, 6.45) is 8.82. The lowest BCUT2D eigenvalue weighted by molar-refractivity contribution is -0.120. The number of hydrogen-bond acceptors (Lipinski definition) is 5. The summed E-state index contributed by atoms with van der Waals surface area (Å²) < 4.78 is 0. The minimum atomic E-state index is -0.558. The zero-order valence-corrected chi connectivity index (χ0v) is 20.0. The Hall–Kier alpha value is -1.70. The lowest BCUT2D eigenvalue weighted by Crippen LogP contribution is -2.46. The molecule has 0 aromatic carbocycles. The van der Waals surface area contributed by atoms with E-state index in [1.165, 1.54) is 12.8 Å². The maximum Gasteiger partial charge on any atom is 0.247 e. The number of aliphatic hydroxyl groups is 1. The highest BCUT2D eigenvalue weighted by atomic mass is 16.3. The normalized spacial score (nSPS) is 21.7. The van der Waals surface area contributed by atoms with E-state index in [1.807, 2.05) is 46.8 Å². The fourth-order valence-corrected chi connectivity index (χ4v) is 4.05. The first-order valence-corrected chi connectivity index (χ1v) is 11.6. The molecule has 0 bridgehead atoms. The van der Waals surface area contributed by atoms with Crippen LogP contribution in [-0.2, 0) is 9.59 Å². The molecular formula is C24H42N4O3. The quantitative estimate of drug-likeness (QED) is 0.482. The summed E-state index contributed by atoms with van der Waals surface area (Å²) in [5.41, 5.74) is -0.164. The highest BCUT2D eigenvalue weighted by molar-refractivity contribution is 5.94. The van der Waals surface area contributed by atoms with Gasteiger partial charge in [-0.1, -0.05) is 12.2 Å². The third kappa shape index (κ3) is 9.97. The largest absolute Gasteiger partial charge is 0.392 e. The van der Waals surface area contributed by atoms with Crippen LogP contribution < -0.4 is 10.6 Å². The fourth-order valence-electron chi connectivity index (χ4n) is 4.05. The molecule has 2 rings (SSSR count). The average molecular weight is 435 g/mol. The fraction of sp³-hybridized carbons (Fsp3) is 0.750. The average Bonchev–Trinajstić information content (AvgIpc) is 3.28. The Balaban J connectivity index is 1.95. The first-order chi connectivity index (χ1) is 14.4. The van der Waals surface area contributed by atoms with E-state index in [4.69, 9.17) is 0 Å². The van der Waals surface area contributed by atoms with Crippen molar-refractivity contribution in [3.8, 4) is 0 Å². The van der Waals surface area contributed by atoms with Gasteiger partial charge in [0.15, 0.2) is 0 Å². The Morgan fingerprint density at radius 3 is 2.26 bits per heavy atom. The summed E-state index contributed by atoms with van der Waals surface area (Å²) in [4.78, 5) is 29.8. The second-order valence-electron chi connectivity index (χ2n) is 10.6. The standard InChI is InChI=1S/C24H42N4O3/c1-23(2,3)26-22(31)19(10-15-27-12-6-7-13-27)17-24(4,5)25-21(30)9-8-14-28-16-11-20(29)18-28/h8-10,20,29H,6-7,11-18H2,1-5H3,(H,25,30)(H,26,31). The number of carbonyl (C=O) groups is 2. The zero-order chi connectivity index (χ0) is 23.1. The summed E-state index contributed by atoms with van der Waals surface area (Å²) in [7, 11) is 0. The molecule has 2 heterocycles. The smallest absolute Gasteiger partial charge is 0.247 e. The van der Waals surface area contributed by atoms with Crippen molar-refractivity contribution in [2.75, 3.05) is 39.3 Å². The summed E-state index contributed by atoms with van der Waals surface area (Å²) >= 11 is 0. The molecule has 2 aliphatic rings. The predicted octanol–water partition coefficient (Wildman–Crippen LogP) is 1.83. The zero-order valence-electron chi connectivity index (χ0n) is 20.0. The van der Waals surface area contributed by atoms with Crippen LogP contribution in [0.5, 0.6) is 0 Å². The molecule has 3 N–H and O–H groups in total. The van der Waals surface area contributed by atoms with Gasteiger partial charge in [0.25, 0.3) is 0 Å². The minimum absolute atomic E-state index is 0.0721. The van der Waals surface area contributed by atoms with E-state index in [0.29, 0.717) is 25.1 Å². The van der Waals surface area contributed by atoms with Crippen LogP contribution >= 0.6 is 0 Å². The molecular weight excluding hydrogens is 392 g/mol. The summed E-state index contributed by atoms with van der Waals surface area (Å²) in [6, 6.07) is 0. The van der Waals surface area contributed by atoms with Crippen LogP contribution in [0, 0.1) is 0 Å². The summed E-state index contributed by atoms with van der Waals surface area (Å²) in [5.74, 6) is -0.239. The van der Waals surface area contributed by atoms with E-state index in [9.17, 15) is 14.7 Å². The van der Waals surface area contributed by atoms with Gasteiger partial charge in [-0.15, -0.1) is 0 Å². The van der Waals surface area contributed by atoms with E-state index >= 15 is 0 Å². The molecule has 0 radical (unpaired) electrons. The van der Waals surface area contributed by atoms with Crippen LogP contribution in [0.3, 0.4) is 0 Å². The van der Waals surface area contributed by atoms with Crippen molar-refractivity contribution in [1.82, 2.24) is 20.4 Å². The number of β-amino-alcohol motifs (C(OH)–C–C–N with tert-alkyl or cyclic N) is 1. The van der Waals surface area contributed by atoms with Crippen LogP contribution in [0.2, 0.25) is 0 Å². The van der Waals surface area contributed by atoms with Gasteiger partial charge in [0.05, 0.1) is 6.10 Å². The molecule has 0 aromatic rings. The number of carbonyl (C=O) groups excluding carboxylic acids is 2. The maximum atomic E-state index is 12.9. The lowest BCUT2D eigenvalue weighted by Gasteiger charge is -2.29. The molecule has 2 amide bonds. The second kappa shape index (κ2) is 11.2. The molecule has 7 nitrogen and oxygen atoms in total. The first kappa shape index (κ1) is 25.6. The Bertz CT molecular complexity index is 673. The van der Waals surface area contributed by atoms with Gasteiger partial charge in [-0.05, 0) is 67.0 Å². The topological polar surface area (TPSA) is 84.9 Å². The molecule has 176 valence electrons. The van der Waals surface area contributed by atoms with Crippen LogP contribution in [0.4, 0.5) is 0 Å². The number of aliphatic hydroxyl groups excluding tert-OH is 1. The van der Waals surface area contributed by atoms with Gasteiger partial charge in [-0.3, -0.25) is 19.4 Å². The molecule has 0 aromatic heterocycles. The number of nitrogens with one attached hydrogen (secondary N) is 2. The van der Waals surface area contributed by atoms with Gasteiger partial charge in [0, 0.05) is 55.3 Å². The number of nitrogens with zero attached hydrogens (tertiary/aromatic N) is 2. The highest BCUT2D eigenvalue weighted by Crippen LogP contribution is 2.19. The van der Waals surface area contributed by atoms with E-state index in [1.54, 1.807) is 6.08 Å². The number of likely N-dealkylation sites (tertiary alicyclic amines) is 2. The van der Waals surface area contributed by atoms with E-state index < -0.39 is 5.54 Å². The van der Waals surface area contributed by atoms with E-state index in [0.717, 1.165) is 32.6 Å². The van der Waals surface area contributed by atoms with Crippen molar-refractivity contribution in [3.63, 3.8) is 0 Å². The Labute approximate surface area is 187 Å². The first-order valence-electron chi connectivity index (χ1n) is 11.6. The molecule has 2 saturated heterocycles. The van der Waals surface area contributed by atoms with Crippen LogP contribution in [0.25, 0.3) is 0 Å². The van der Waals surface area contributed by atoms with Crippen molar-refractivity contribution >= 4 is 11.8 Å². The number of hydrogen-bond donors (Lipinski definition) is 3. The van der Waals surface area contributed by atoms with Gasteiger partial charge >= 0.3 is 0 Å². The highest BCUT2D eigenvalue weighted by Gasteiger charge is 2.26. The van der Waals surface area contributed by atoms with Crippen molar-refractivity contribution in [1.29, 1.82) is 0 Å². The van der Waals surface area contributed by atoms with Gasteiger partial charge in [-0.2, -0.15) is 0 Å². The van der Waals surface area contributed by atoms with E-state index in [2.05, 4.69) is 20.4 Å². The van der Waals surface area contributed by atoms with Crippen LogP contribution in [-0.4, -0.2) is 83.2 Å². The van der Waals surface area contributed by atoms with E-state index in [-0.39, 0.29) is 23.5 Å². The Morgan fingerprint density at radius 1 is 1.00 bits per heavy atom. The predicted molar refractivity (Wildman–Crippen MR) is 125 cm³/mol. The Morgan fingerprint density at radius 2 is 1.68 bits per heavy atom. The van der Waals surface area contributed by atoms with Crippen molar-refractivity contribution in [2.45, 2.75) is 77.5 Å². The maximum absolute atomic E-state index is 12.9. The van der Waals surface area contributed by atoms with Crippen molar-refractivity contribution in [3.05, 3.63) is 23.8 Å². The third-order valence-corrected chi connectivity index (χ3v) is 5.55. The molecule has 1 unspecified atom stereocenters. The molecule has 31 heavy (non-hydrogen) atoms. The van der Waals surface area contributed by atoms with Crippen molar-refractivity contribution < 1.29 is 14.7 Å². The molecule has 0 aliphatic carbocycles. The molecule has 1 atom stereocenters. The minimum Gasteiger partial charge on any atom is -0.392 e. The van der Waals surface area contributed by atoms with Gasteiger partial charge < -0.3 is 15.7 Å². The van der Waals surface area contributed by atoms with Gasteiger partial charge in [-0.25, -0.2) is 0 Å². The third-order valence-electron chi connectivity index (χ3n) is 5.55. The number of rotatable bonds is 9. The summed E-state index contributed by atoms with van der Waals surface area (Å²) in [6.45, 7) is 14.9. The second-order valence-corrected chi connectivity index (χ2v) is 10.6. The monoisotopic (exact) mass is 434 g/mol. The van der Waals surface area contributed by atoms with Gasteiger partial charge in [0.1, 0.15) is 0 Å². The molecule has 0 saturated carbocycles. The van der Waals surface area contributed by atoms with Crippen LogP contribution in [0.15, 0.2) is 23.8 Å². The molecule has 2 fully saturated rings. The van der Waals surface area contributed by atoms with Crippen molar-refractivity contribution in [2.24, 2.45) is 0 Å². The van der Waals surface area contributed by atoms with Gasteiger partial charge in [0.2, 0.25) is 11.8 Å². The summed E-state index contributed by atoms with van der Waals surface area (Å²) in [5, 5.41) is 15.7.